The fourth-order valence-corrected chi connectivity index (χ4v) is 4.05. The largest absolute Gasteiger partial charge is 0.451 e. The van der Waals surface area contributed by atoms with Gasteiger partial charge in [-0.15, -0.1) is 11.8 Å². The van der Waals surface area contributed by atoms with Crippen LogP contribution in [0.5, 0.6) is 0 Å². The Morgan fingerprint density at radius 1 is 1.06 bits per heavy atom. The Kier molecular flexibility index (Phi) is 6.26. The summed E-state index contributed by atoms with van der Waals surface area (Å²) in [7, 11) is 0. The molecule has 0 saturated carbocycles. The standard InChI is InChI=1S/C21H22N4O5S/c1-14-10-18(23-30-14)22-19(26)12-31-13-20(27)24-6-8-25(9-7-24)21(28)17-11-15-4-2-3-5-16(15)29-17/h2-5,10-11H,6-9,12-13H2,1H3,(H,22,23,26). The number of furan rings is 1. The summed E-state index contributed by atoms with van der Waals surface area (Å²) in [6, 6.07) is 10.9. The molecule has 1 N–H and O–H groups in total. The van der Waals surface area contributed by atoms with Crippen molar-refractivity contribution in [2.75, 3.05) is 43.0 Å². The molecular formula is C21H22N4O5S. The number of benzene rings is 1. The lowest BCUT2D eigenvalue weighted by atomic mass is 10.2. The highest BCUT2D eigenvalue weighted by molar-refractivity contribution is 8.00. The maximum absolute atomic E-state index is 12.7. The number of carbonyl (C=O) groups is 3. The van der Waals surface area contributed by atoms with E-state index in [1.807, 2.05) is 24.3 Å². The highest BCUT2D eigenvalue weighted by Crippen LogP contribution is 2.20. The van der Waals surface area contributed by atoms with E-state index >= 15 is 0 Å². The number of nitrogens with zero attached hydrogens (tertiary/aromatic N) is 3. The second-order valence-electron chi connectivity index (χ2n) is 7.19. The van der Waals surface area contributed by atoms with Crippen molar-refractivity contribution in [3.8, 4) is 0 Å². The maximum Gasteiger partial charge on any atom is 0.289 e. The Hall–Kier alpha value is -3.27. The van der Waals surface area contributed by atoms with E-state index in [0.717, 1.165) is 5.39 Å². The molecule has 9 nitrogen and oxygen atoms in total. The van der Waals surface area contributed by atoms with Gasteiger partial charge in [0.2, 0.25) is 11.8 Å². The average Bonchev–Trinajstić information content (AvgIpc) is 3.39. The molecule has 31 heavy (non-hydrogen) atoms. The minimum absolute atomic E-state index is 0.0501. The van der Waals surface area contributed by atoms with Gasteiger partial charge in [-0.2, -0.15) is 0 Å². The van der Waals surface area contributed by atoms with Crippen molar-refractivity contribution in [2.24, 2.45) is 0 Å². The van der Waals surface area contributed by atoms with Crippen LogP contribution >= 0.6 is 11.8 Å². The maximum atomic E-state index is 12.7. The van der Waals surface area contributed by atoms with Gasteiger partial charge in [0, 0.05) is 37.6 Å². The van der Waals surface area contributed by atoms with Gasteiger partial charge in [-0.25, -0.2) is 0 Å². The van der Waals surface area contributed by atoms with Crippen molar-refractivity contribution < 1.29 is 23.3 Å². The van der Waals surface area contributed by atoms with E-state index in [2.05, 4.69) is 10.5 Å². The number of thioether (sulfide) groups is 1. The van der Waals surface area contributed by atoms with Crippen LogP contribution in [0.15, 0.2) is 45.3 Å². The number of hydrogen-bond acceptors (Lipinski definition) is 7. The predicted molar refractivity (Wildman–Crippen MR) is 116 cm³/mol. The molecule has 2 aromatic heterocycles. The number of para-hydroxylation sites is 1. The first-order valence-electron chi connectivity index (χ1n) is 9.86. The lowest BCUT2D eigenvalue weighted by Crippen LogP contribution is -2.51. The summed E-state index contributed by atoms with van der Waals surface area (Å²) in [4.78, 5) is 40.5. The first-order chi connectivity index (χ1) is 15.0. The van der Waals surface area contributed by atoms with Gasteiger partial charge in [-0.1, -0.05) is 23.4 Å². The van der Waals surface area contributed by atoms with Crippen molar-refractivity contribution in [3.05, 3.63) is 47.9 Å². The highest BCUT2D eigenvalue weighted by atomic mass is 32.2. The Morgan fingerprint density at radius 3 is 2.52 bits per heavy atom. The van der Waals surface area contributed by atoms with Gasteiger partial charge in [0.25, 0.3) is 5.91 Å². The van der Waals surface area contributed by atoms with Gasteiger partial charge in [0.05, 0.1) is 11.5 Å². The molecule has 10 heteroatoms. The van der Waals surface area contributed by atoms with Crippen LogP contribution in [0.25, 0.3) is 11.0 Å². The van der Waals surface area contributed by atoms with E-state index in [9.17, 15) is 14.4 Å². The summed E-state index contributed by atoms with van der Waals surface area (Å²) in [6.45, 7) is 3.53. The molecular weight excluding hydrogens is 420 g/mol. The van der Waals surface area contributed by atoms with E-state index in [4.69, 9.17) is 8.94 Å². The monoisotopic (exact) mass is 442 g/mol. The molecule has 0 aliphatic carbocycles. The number of carbonyl (C=O) groups excluding carboxylic acids is 3. The van der Waals surface area contributed by atoms with Crippen LogP contribution in [0.4, 0.5) is 5.82 Å². The Labute approximate surface area is 182 Å². The number of nitrogens with one attached hydrogen (secondary N) is 1. The Balaban J connectivity index is 1.20. The molecule has 0 spiro atoms. The molecule has 1 aromatic carbocycles. The molecule has 0 radical (unpaired) electrons. The zero-order valence-electron chi connectivity index (χ0n) is 17.0. The van der Waals surface area contributed by atoms with Gasteiger partial charge in [0.15, 0.2) is 11.6 Å². The molecule has 3 heterocycles. The summed E-state index contributed by atoms with van der Waals surface area (Å²) in [5.74, 6) is 1.15. The van der Waals surface area contributed by atoms with Crippen LogP contribution in [0.3, 0.4) is 0 Å². The minimum atomic E-state index is -0.243. The van der Waals surface area contributed by atoms with Crippen molar-refractivity contribution in [1.82, 2.24) is 15.0 Å². The van der Waals surface area contributed by atoms with Gasteiger partial charge >= 0.3 is 0 Å². The molecule has 1 saturated heterocycles. The average molecular weight is 442 g/mol. The van der Waals surface area contributed by atoms with Crippen LogP contribution in [0.2, 0.25) is 0 Å². The van der Waals surface area contributed by atoms with Crippen molar-refractivity contribution in [2.45, 2.75) is 6.92 Å². The summed E-state index contributed by atoms with van der Waals surface area (Å²) < 4.78 is 10.5. The first-order valence-corrected chi connectivity index (χ1v) is 11.0. The molecule has 3 aromatic rings. The Bertz CT molecular complexity index is 1070. The third-order valence-corrected chi connectivity index (χ3v) is 5.83. The van der Waals surface area contributed by atoms with Crippen LogP contribution < -0.4 is 5.32 Å². The van der Waals surface area contributed by atoms with Gasteiger partial charge < -0.3 is 24.1 Å². The zero-order chi connectivity index (χ0) is 21.8. The lowest BCUT2D eigenvalue weighted by Gasteiger charge is -2.34. The molecule has 1 aliphatic heterocycles. The van der Waals surface area contributed by atoms with E-state index < -0.39 is 0 Å². The lowest BCUT2D eigenvalue weighted by molar-refractivity contribution is -0.129. The summed E-state index contributed by atoms with van der Waals surface area (Å²) in [5, 5.41) is 7.20. The molecule has 162 valence electrons. The molecule has 1 fully saturated rings. The van der Waals surface area contributed by atoms with Crippen molar-refractivity contribution in [1.29, 1.82) is 0 Å². The topological polar surface area (TPSA) is 109 Å². The third kappa shape index (κ3) is 5.08. The second-order valence-corrected chi connectivity index (χ2v) is 8.17. The first kappa shape index (κ1) is 21.0. The quantitative estimate of drug-likeness (QED) is 0.624. The molecule has 3 amide bonds. The summed E-state index contributed by atoms with van der Waals surface area (Å²) in [5.41, 5.74) is 0.680. The van der Waals surface area contributed by atoms with Crippen molar-refractivity contribution in [3.63, 3.8) is 0 Å². The number of piperazine rings is 1. The van der Waals surface area contributed by atoms with Crippen LogP contribution in [-0.4, -0.2) is 70.4 Å². The van der Waals surface area contributed by atoms with E-state index in [0.29, 0.717) is 49.1 Å². The smallest absolute Gasteiger partial charge is 0.289 e. The summed E-state index contributed by atoms with van der Waals surface area (Å²) >= 11 is 1.24. The van der Waals surface area contributed by atoms with Crippen molar-refractivity contribution >= 4 is 46.3 Å². The van der Waals surface area contributed by atoms with Gasteiger partial charge in [-0.05, 0) is 19.1 Å². The highest BCUT2D eigenvalue weighted by Gasteiger charge is 2.26. The Morgan fingerprint density at radius 2 is 1.81 bits per heavy atom. The molecule has 0 bridgehead atoms. The number of fused-ring (bicyclic) bond motifs is 1. The fraction of sp³-hybridized carbons (Fsp3) is 0.333. The normalized spacial score (nSPS) is 14.1. The fourth-order valence-electron chi connectivity index (χ4n) is 3.33. The van der Waals surface area contributed by atoms with Gasteiger partial charge in [0.1, 0.15) is 11.3 Å². The number of anilines is 1. The van der Waals surface area contributed by atoms with Gasteiger partial charge in [-0.3, -0.25) is 14.4 Å². The molecule has 0 atom stereocenters. The van der Waals surface area contributed by atoms with E-state index in [1.165, 1.54) is 11.8 Å². The molecule has 4 rings (SSSR count). The number of rotatable bonds is 6. The minimum Gasteiger partial charge on any atom is -0.451 e. The van der Waals surface area contributed by atoms with E-state index in [1.54, 1.807) is 28.9 Å². The van der Waals surface area contributed by atoms with Crippen LogP contribution in [0.1, 0.15) is 16.3 Å². The molecule has 1 aliphatic rings. The van der Waals surface area contributed by atoms with Crippen LogP contribution in [0, 0.1) is 6.92 Å². The zero-order valence-corrected chi connectivity index (χ0v) is 17.8. The van der Waals surface area contributed by atoms with Crippen LogP contribution in [-0.2, 0) is 9.59 Å². The summed E-state index contributed by atoms with van der Waals surface area (Å²) in [6.07, 6.45) is 0. The third-order valence-electron chi connectivity index (χ3n) is 4.91. The number of aromatic nitrogens is 1. The number of hydrogen-bond donors (Lipinski definition) is 1. The second kappa shape index (κ2) is 9.25. The molecule has 0 unspecified atom stereocenters. The van der Waals surface area contributed by atoms with E-state index in [-0.39, 0.29) is 29.2 Å². The SMILES string of the molecule is Cc1cc(NC(=O)CSCC(=O)N2CCN(C(=O)c3cc4ccccc4o3)CC2)no1. The predicted octanol–water partition coefficient (Wildman–Crippen LogP) is 2.39. The number of amides is 3. The number of aryl methyl sites for hydroxylation is 1.